The number of sulfone groups is 1. The van der Waals surface area contributed by atoms with Crippen LogP contribution in [0, 0.1) is 0 Å². The number of likely N-dealkylation sites (N-methyl/N-ethyl adjacent to an activating group) is 2. The zero-order chi connectivity index (χ0) is 53.1. The average Bonchev–Trinajstić information content (AvgIpc) is 3.36. The highest BCUT2D eigenvalue weighted by molar-refractivity contribution is 7.91. The third kappa shape index (κ3) is 18.7. The van der Waals surface area contributed by atoms with Gasteiger partial charge in [-0.05, 0) is 122 Å². The Labute approximate surface area is 457 Å². The first-order chi connectivity index (χ1) is 35.5. The van der Waals surface area contributed by atoms with E-state index in [9.17, 15) is 26.4 Å². The van der Waals surface area contributed by atoms with Gasteiger partial charge in [0.05, 0.1) is 55.2 Å². The topological polar surface area (TPSA) is 182 Å². The maximum Gasteiger partial charge on any atom is 0.314 e. The number of ketones is 1. The predicted octanol–water partition coefficient (Wildman–Crippen LogP) is 8.87. The molecule has 0 fully saturated rings. The van der Waals surface area contributed by atoms with Crippen LogP contribution in [0.1, 0.15) is 90.2 Å². The minimum absolute atomic E-state index is 0.0488. The molecule has 0 aliphatic carbocycles. The standard InChI is InChI=1S/C53H69Cl4N5O10S2/c1-61-34-47(45-30-40(54)32-51(56)49(45)36-61)38-10-6-14-43(28-38)73(65,66)27-9-20-70-24-25-71-21-17-59-53(64)58-16-5-3-4-12-42(63)13-8-19-69-23-26-72-22-18-60-74(67,68)44-15-7-11-39(29-44)48-35-62(2)37-50-46(48)31-41(55)33-52(50)57/h6-7,10-11,14-15,28-33,47-48,60H,3-5,8-9,12-13,16-27,34-37H2,1-2H3,(H2,58,59,64)/t47-,48-/m1/s1. The number of carbonyl (C=O) groups is 2. The number of amides is 2. The molecule has 15 nitrogen and oxygen atoms in total. The van der Waals surface area contributed by atoms with Crippen LogP contribution in [-0.2, 0) is 56.7 Å². The summed E-state index contributed by atoms with van der Waals surface area (Å²) in [5, 5.41) is 7.87. The summed E-state index contributed by atoms with van der Waals surface area (Å²) >= 11 is 25.7. The summed E-state index contributed by atoms with van der Waals surface area (Å²) in [6, 6.07) is 21.1. The van der Waals surface area contributed by atoms with E-state index in [1.54, 1.807) is 48.5 Å². The van der Waals surface area contributed by atoms with E-state index in [1.165, 1.54) is 0 Å². The number of ether oxygens (including phenoxy) is 4. The van der Waals surface area contributed by atoms with Crippen LogP contribution >= 0.6 is 46.4 Å². The molecule has 0 saturated heterocycles. The maximum atomic E-state index is 13.2. The van der Waals surface area contributed by atoms with Crippen molar-refractivity contribution < 1.29 is 45.4 Å². The van der Waals surface area contributed by atoms with Crippen LogP contribution < -0.4 is 15.4 Å². The second-order valence-corrected chi connectivity index (χ2v) is 24.3. The molecule has 0 spiro atoms. The number of carbonyl (C=O) groups excluding carboxylic acids is 2. The van der Waals surface area contributed by atoms with Gasteiger partial charge in [-0.15, -0.1) is 0 Å². The van der Waals surface area contributed by atoms with E-state index in [0.29, 0.717) is 125 Å². The average molecular weight is 1140 g/mol. The van der Waals surface area contributed by atoms with Crippen LogP contribution in [0.5, 0.6) is 0 Å². The molecule has 0 bridgehead atoms. The normalized spacial score (nSPS) is 16.2. The first-order valence-corrected chi connectivity index (χ1v) is 29.7. The largest absolute Gasteiger partial charge is 0.379 e. The summed E-state index contributed by atoms with van der Waals surface area (Å²) in [5.74, 6) is -0.0300. The lowest BCUT2D eigenvalue weighted by Gasteiger charge is -2.33. The highest BCUT2D eigenvalue weighted by Gasteiger charge is 2.30. The first-order valence-electron chi connectivity index (χ1n) is 25.1. The van der Waals surface area contributed by atoms with Crippen LogP contribution in [0.4, 0.5) is 4.79 Å². The van der Waals surface area contributed by atoms with Gasteiger partial charge in [0, 0.05) is 104 Å². The van der Waals surface area contributed by atoms with Crippen molar-refractivity contribution in [2.75, 3.05) is 105 Å². The van der Waals surface area contributed by atoms with Crippen LogP contribution in [0.15, 0.2) is 82.6 Å². The van der Waals surface area contributed by atoms with Crippen molar-refractivity contribution in [3.63, 3.8) is 0 Å². The molecule has 6 rings (SSSR count). The molecule has 3 N–H and O–H groups in total. The number of fused-ring (bicyclic) bond motifs is 2. The minimum atomic E-state index is -3.78. The molecule has 0 unspecified atom stereocenters. The fourth-order valence-corrected chi connectivity index (χ4v) is 12.7. The molecule has 4 aromatic carbocycles. The maximum absolute atomic E-state index is 13.2. The summed E-state index contributed by atoms with van der Waals surface area (Å²) in [4.78, 5) is 29.2. The number of halogens is 4. The van der Waals surface area contributed by atoms with E-state index < -0.39 is 19.9 Å². The Balaban J connectivity index is 0.707. The number of rotatable bonds is 31. The zero-order valence-electron chi connectivity index (χ0n) is 42.2. The zero-order valence-corrected chi connectivity index (χ0v) is 46.8. The SMILES string of the molecule is CN1Cc2c(Cl)cc(Cl)cc2[C@@H](c2cccc(S(=O)(=O)CCCOCCOCCNC(=O)NCCCCCC(=O)CCCOCCOCCNS(=O)(=O)c3cccc([C@H]4CN(C)Cc5c(Cl)cc(Cl)cc54)c3)c2)C1. The number of nitrogens with one attached hydrogen (secondary N) is 3. The summed E-state index contributed by atoms with van der Waals surface area (Å²) in [5.41, 5.74) is 5.78. The van der Waals surface area contributed by atoms with Crippen molar-refractivity contribution in [2.45, 2.75) is 79.7 Å². The number of hydrogen-bond acceptors (Lipinski definition) is 12. The number of Topliss-reactive ketones (excluding diaryl/α,β-unsaturated/α-hetero) is 1. The third-order valence-electron chi connectivity index (χ3n) is 12.9. The van der Waals surface area contributed by atoms with Gasteiger partial charge in [-0.25, -0.2) is 26.4 Å². The van der Waals surface area contributed by atoms with E-state index in [2.05, 4.69) is 25.2 Å². The van der Waals surface area contributed by atoms with Gasteiger partial charge in [0.1, 0.15) is 5.78 Å². The summed E-state index contributed by atoms with van der Waals surface area (Å²) in [7, 11) is -3.30. The van der Waals surface area contributed by atoms with E-state index in [4.69, 9.17) is 65.4 Å². The Hall–Kier alpha value is -3.40. The Morgan fingerprint density at radius 2 is 1.07 bits per heavy atom. The number of urea groups is 1. The molecule has 0 aromatic heterocycles. The number of sulfonamides is 1. The third-order valence-corrected chi connectivity index (χ3v) is 17.2. The summed E-state index contributed by atoms with van der Waals surface area (Å²) in [6.45, 7) is 6.10. The molecule has 2 aliphatic rings. The highest BCUT2D eigenvalue weighted by Crippen LogP contribution is 2.40. The highest BCUT2D eigenvalue weighted by atomic mass is 35.5. The Kier molecular flexibility index (Phi) is 24.2. The van der Waals surface area contributed by atoms with E-state index in [-0.39, 0.29) is 59.0 Å². The van der Waals surface area contributed by atoms with Crippen LogP contribution in [-0.4, -0.2) is 144 Å². The first kappa shape index (κ1) is 59.8. The number of hydrogen-bond donors (Lipinski definition) is 3. The van der Waals surface area contributed by atoms with Gasteiger partial charge in [-0.3, -0.25) is 4.79 Å². The van der Waals surface area contributed by atoms with Gasteiger partial charge >= 0.3 is 6.03 Å². The van der Waals surface area contributed by atoms with E-state index in [0.717, 1.165) is 52.6 Å². The molecule has 2 atom stereocenters. The van der Waals surface area contributed by atoms with Crippen LogP contribution in [0.3, 0.4) is 0 Å². The van der Waals surface area contributed by atoms with Crippen molar-refractivity contribution in [3.05, 3.63) is 126 Å². The second-order valence-electron chi connectivity index (χ2n) is 18.7. The monoisotopic (exact) mass is 1140 g/mol. The predicted molar refractivity (Wildman–Crippen MR) is 291 cm³/mol. The van der Waals surface area contributed by atoms with Crippen molar-refractivity contribution >= 4 is 78.1 Å². The lowest BCUT2D eigenvalue weighted by molar-refractivity contribution is -0.119. The van der Waals surface area contributed by atoms with Crippen LogP contribution in [0.2, 0.25) is 20.1 Å². The Bertz CT molecular complexity index is 2540. The van der Waals surface area contributed by atoms with Gasteiger partial charge in [0.15, 0.2) is 9.84 Å². The lowest BCUT2D eigenvalue weighted by Crippen LogP contribution is -2.37. The molecule has 2 aliphatic heterocycles. The van der Waals surface area contributed by atoms with E-state index in [1.807, 2.05) is 38.4 Å². The molecule has 0 radical (unpaired) electrons. The van der Waals surface area contributed by atoms with Gasteiger partial charge in [0.2, 0.25) is 10.0 Å². The fraction of sp³-hybridized carbons (Fsp3) is 0.509. The summed E-state index contributed by atoms with van der Waals surface area (Å²) < 4.78 is 77.7. The lowest BCUT2D eigenvalue weighted by atomic mass is 9.85. The van der Waals surface area contributed by atoms with Crippen molar-refractivity contribution in [2.24, 2.45) is 0 Å². The molecular formula is C53H69Cl4N5O10S2. The molecule has 4 aromatic rings. The fourth-order valence-electron chi connectivity index (χ4n) is 9.15. The molecule has 0 saturated carbocycles. The molecule has 406 valence electrons. The van der Waals surface area contributed by atoms with Gasteiger partial charge in [-0.1, -0.05) is 77.1 Å². The summed E-state index contributed by atoms with van der Waals surface area (Å²) in [6.07, 6.45) is 4.13. The second kappa shape index (κ2) is 29.9. The molecular weight excluding hydrogens is 1070 g/mol. The van der Waals surface area contributed by atoms with Crippen LogP contribution in [0.25, 0.3) is 0 Å². The van der Waals surface area contributed by atoms with E-state index >= 15 is 0 Å². The number of benzene rings is 4. The molecule has 2 heterocycles. The van der Waals surface area contributed by atoms with Gasteiger partial charge in [-0.2, -0.15) is 0 Å². The smallest absolute Gasteiger partial charge is 0.314 e. The quantitative estimate of drug-likeness (QED) is 0.0408. The molecule has 21 heteroatoms. The Morgan fingerprint density at radius 1 is 0.568 bits per heavy atom. The van der Waals surface area contributed by atoms with Crippen molar-refractivity contribution in [1.82, 2.24) is 25.2 Å². The Morgan fingerprint density at radius 3 is 1.66 bits per heavy atom. The molecule has 74 heavy (non-hydrogen) atoms. The van der Waals surface area contributed by atoms with Gasteiger partial charge < -0.3 is 39.4 Å². The molecule has 2 amide bonds. The number of nitrogens with zero attached hydrogens (tertiary/aromatic N) is 2. The van der Waals surface area contributed by atoms with Crippen molar-refractivity contribution in [3.8, 4) is 0 Å². The van der Waals surface area contributed by atoms with Crippen molar-refractivity contribution in [1.29, 1.82) is 0 Å². The number of unbranched alkanes of at least 4 members (excludes halogenated alkanes) is 2. The van der Waals surface area contributed by atoms with Gasteiger partial charge in [0.25, 0.3) is 0 Å². The minimum Gasteiger partial charge on any atom is -0.379 e.